The van der Waals surface area contributed by atoms with Crippen molar-refractivity contribution in [2.24, 2.45) is 0 Å². The molecule has 0 bridgehead atoms. The molecule has 20 heavy (non-hydrogen) atoms. The van der Waals surface area contributed by atoms with E-state index in [1.54, 1.807) is 18.2 Å². The molecule has 108 valence electrons. The highest BCUT2D eigenvalue weighted by Gasteiger charge is 2.27. The van der Waals surface area contributed by atoms with Gasteiger partial charge in [-0.2, -0.15) is 18.2 Å². The summed E-state index contributed by atoms with van der Waals surface area (Å²) >= 11 is 3.27. The monoisotopic (exact) mass is 351 g/mol. The zero-order valence-electron chi connectivity index (χ0n) is 9.95. The number of ether oxygens (including phenoxy) is 1. The topological polar surface area (TPSA) is 74.2 Å². The van der Waals surface area contributed by atoms with Gasteiger partial charge in [0.05, 0.1) is 5.56 Å². The predicted molar refractivity (Wildman–Crippen MR) is 67.6 cm³/mol. The molecule has 5 nitrogen and oxygen atoms in total. The molecule has 9 heteroatoms. The fourth-order valence-corrected chi connectivity index (χ4v) is 1.75. The lowest BCUT2D eigenvalue weighted by Gasteiger charge is -2.04. The Hall–Kier alpha value is -1.61. The number of hydrogen-bond donors (Lipinski definition) is 1. The number of aromatic nitrogens is 2. The predicted octanol–water partition coefficient (Wildman–Crippen LogP) is 3.16. The van der Waals surface area contributed by atoms with E-state index < -0.39 is 19.4 Å². The van der Waals surface area contributed by atoms with Crippen LogP contribution in [0.4, 0.5) is 18.9 Å². The van der Waals surface area contributed by atoms with Gasteiger partial charge in [-0.3, -0.25) is 0 Å². The van der Waals surface area contributed by atoms with Crippen LogP contribution < -0.4 is 5.73 Å². The maximum atomic E-state index is 11.9. The Labute approximate surface area is 120 Å². The lowest BCUT2D eigenvalue weighted by atomic mass is 10.2. The number of benzene rings is 1. The van der Waals surface area contributed by atoms with E-state index in [0.717, 1.165) is 4.47 Å². The Morgan fingerprint density at radius 1 is 1.35 bits per heavy atom. The molecule has 2 aromatic rings. The molecule has 1 aromatic carbocycles. The summed E-state index contributed by atoms with van der Waals surface area (Å²) in [6.07, 6.45) is -4.39. The summed E-state index contributed by atoms with van der Waals surface area (Å²) in [4.78, 5) is 3.93. The largest absolute Gasteiger partial charge is 0.411 e. The quantitative estimate of drug-likeness (QED) is 0.856. The van der Waals surface area contributed by atoms with Crippen LogP contribution >= 0.6 is 15.9 Å². The first-order valence-electron chi connectivity index (χ1n) is 5.37. The van der Waals surface area contributed by atoms with E-state index in [0.29, 0.717) is 11.3 Å². The van der Waals surface area contributed by atoms with Crippen LogP contribution in [0.15, 0.2) is 27.2 Å². The van der Waals surface area contributed by atoms with Gasteiger partial charge in [0.15, 0.2) is 5.82 Å². The third-order valence-corrected chi connectivity index (χ3v) is 2.70. The van der Waals surface area contributed by atoms with Crippen molar-refractivity contribution in [2.75, 3.05) is 12.3 Å². The Bertz CT molecular complexity index is 601. The summed E-state index contributed by atoms with van der Waals surface area (Å²) in [7, 11) is 0. The van der Waals surface area contributed by atoms with Crippen molar-refractivity contribution in [3.8, 4) is 11.5 Å². The second kappa shape index (κ2) is 5.80. The van der Waals surface area contributed by atoms with Gasteiger partial charge in [0, 0.05) is 10.2 Å². The van der Waals surface area contributed by atoms with Crippen LogP contribution in [0.25, 0.3) is 11.5 Å². The molecule has 2 N–H and O–H groups in total. The molecule has 0 saturated heterocycles. The molecule has 0 aliphatic rings. The van der Waals surface area contributed by atoms with Crippen molar-refractivity contribution in [3.63, 3.8) is 0 Å². The highest BCUT2D eigenvalue weighted by molar-refractivity contribution is 9.10. The maximum absolute atomic E-state index is 11.9. The Morgan fingerprint density at radius 3 is 2.80 bits per heavy atom. The standard InChI is InChI=1S/C11H9BrF3N3O2/c12-6-1-2-8(16)7(3-6)10-17-9(18-20-10)4-19-5-11(13,14)15/h1-3H,4-5,16H2. The highest BCUT2D eigenvalue weighted by atomic mass is 79.9. The molecule has 1 aromatic heterocycles. The maximum Gasteiger partial charge on any atom is 0.411 e. The molecule has 0 atom stereocenters. The molecule has 0 aliphatic heterocycles. The van der Waals surface area contributed by atoms with Gasteiger partial charge >= 0.3 is 6.18 Å². The molecule has 0 amide bonds. The van der Waals surface area contributed by atoms with Gasteiger partial charge in [0.2, 0.25) is 0 Å². The molecular weight excluding hydrogens is 343 g/mol. The number of hydrogen-bond acceptors (Lipinski definition) is 5. The van der Waals surface area contributed by atoms with Crippen molar-refractivity contribution < 1.29 is 22.4 Å². The molecule has 2 rings (SSSR count). The Morgan fingerprint density at radius 2 is 2.10 bits per heavy atom. The number of nitrogen functional groups attached to an aromatic ring is 1. The van der Waals surface area contributed by atoms with E-state index in [2.05, 4.69) is 30.8 Å². The SMILES string of the molecule is Nc1ccc(Br)cc1-c1nc(COCC(F)(F)F)no1. The summed E-state index contributed by atoms with van der Waals surface area (Å²) < 4.78 is 45.9. The summed E-state index contributed by atoms with van der Waals surface area (Å²) in [5.74, 6) is 0.137. The van der Waals surface area contributed by atoms with E-state index in [4.69, 9.17) is 10.3 Å². The molecular formula is C11H9BrF3N3O2. The zero-order chi connectivity index (χ0) is 14.8. The molecule has 0 spiro atoms. The van der Waals surface area contributed by atoms with Crippen molar-refractivity contribution in [3.05, 3.63) is 28.5 Å². The molecule has 0 aliphatic carbocycles. The number of nitrogens with two attached hydrogens (primary N) is 1. The van der Waals surface area contributed by atoms with Gasteiger partial charge in [-0.1, -0.05) is 21.1 Å². The van der Waals surface area contributed by atoms with Crippen molar-refractivity contribution in [1.29, 1.82) is 0 Å². The zero-order valence-corrected chi connectivity index (χ0v) is 11.5. The number of nitrogens with zero attached hydrogens (tertiary/aromatic N) is 2. The highest BCUT2D eigenvalue weighted by Crippen LogP contribution is 2.27. The first-order valence-corrected chi connectivity index (χ1v) is 6.17. The van der Waals surface area contributed by atoms with E-state index in [1.165, 1.54) is 0 Å². The first-order chi connectivity index (χ1) is 9.35. The molecule has 0 radical (unpaired) electrons. The summed E-state index contributed by atoms with van der Waals surface area (Å²) in [6.45, 7) is -1.76. The fraction of sp³-hybridized carbons (Fsp3) is 0.273. The average Bonchev–Trinajstić information content (AvgIpc) is 2.79. The van der Waals surface area contributed by atoms with Gasteiger partial charge < -0.3 is 15.0 Å². The second-order valence-electron chi connectivity index (χ2n) is 3.86. The Kier molecular flexibility index (Phi) is 4.29. The van der Waals surface area contributed by atoms with Crippen molar-refractivity contribution >= 4 is 21.6 Å². The molecule has 0 fully saturated rings. The van der Waals surface area contributed by atoms with E-state index in [9.17, 15) is 13.2 Å². The summed E-state index contributed by atoms with van der Waals surface area (Å²) in [5.41, 5.74) is 6.67. The minimum Gasteiger partial charge on any atom is -0.398 e. The van der Waals surface area contributed by atoms with Gasteiger partial charge in [0.1, 0.15) is 13.2 Å². The number of anilines is 1. The van der Waals surface area contributed by atoms with Gasteiger partial charge in [-0.05, 0) is 18.2 Å². The third-order valence-electron chi connectivity index (χ3n) is 2.21. The first kappa shape index (κ1) is 14.8. The van der Waals surface area contributed by atoms with Crippen molar-refractivity contribution in [1.82, 2.24) is 10.1 Å². The Balaban J connectivity index is 2.07. The summed E-state index contributed by atoms with van der Waals surface area (Å²) in [6, 6.07) is 5.05. The minimum atomic E-state index is -4.39. The second-order valence-corrected chi connectivity index (χ2v) is 4.77. The number of halogens is 4. The van der Waals surface area contributed by atoms with Crippen LogP contribution in [0.2, 0.25) is 0 Å². The molecule has 0 saturated carbocycles. The van der Waals surface area contributed by atoms with Crippen LogP contribution in [0, 0.1) is 0 Å². The fourth-order valence-electron chi connectivity index (χ4n) is 1.39. The van der Waals surface area contributed by atoms with E-state index in [-0.39, 0.29) is 11.7 Å². The van der Waals surface area contributed by atoms with Gasteiger partial charge in [-0.15, -0.1) is 0 Å². The van der Waals surface area contributed by atoms with E-state index in [1.807, 2.05) is 0 Å². The molecule has 0 unspecified atom stereocenters. The van der Waals surface area contributed by atoms with Crippen LogP contribution in [-0.4, -0.2) is 22.9 Å². The van der Waals surface area contributed by atoms with E-state index >= 15 is 0 Å². The third kappa shape index (κ3) is 3.94. The molecule has 1 heterocycles. The van der Waals surface area contributed by atoms with Crippen LogP contribution in [-0.2, 0) is 11.3 Å². The number of rotatable bonds is 4. The van der Waals surface area contributed by atoms with Gasteiger partial charge in [-0.25, -0.2) is 0 Å². The van der Waals surface area contributed by atoms with Crippen molar-refractivity contribution in [2.45, 2.75) is 12.8 Å². The lowest BCUT2D eigenvalue weighted by Crippen LogP contribution is -2.16. The normalized spacial score (nSPS) is 11.8. The number of alkyl halides is 3. The van der Waals surface area contributed by atoms with Crippen LogP contribution in [0.3, 0.4) is 0 Å². The van der Waals surface area contributed by atoms with Gasteiger partial charge in [0.25, 0.3) is 5.89 Å². The summed E-state index contributed by atoms with van der Waals surface area (Å²) in [5, 5.41) is 3.53. The lowest BCUT2D eigenvalue weighted by molar-refractivity contribution is -0.177. The smallest absolute Gasteiger partial charge is 0.398 e. The minimum absolute atomic E-state index is 0.0172. The van der Waals surface area contributed by atoms with Crippen LogP contribution in [0.5, 0.6) is 0 Å². The average molecular weight is 352 g/mol. The van der Waals surface area contributed by atoms with Crippen LogP contribution in [0.1, 0.15) is 5.82 Å².